The number of benzene rings is 3. The van der Waals surface area contributed by atoms with Crippen LogP contribution in [-0.2, 0) is 16.1 Å². The lowest BCUT2D eigenvalue weighted by molar-refractivity contribution is -0.124. The molecule has 0 aliphatic heterocycles. The van der Waals surface area contributed by atoms with Gasteiger partial charge in [0.1, 0.15) is 0 Å². The van der Waals surface area contributed by atoms with E-state index in [4.69, 9.17) is 16.3 Å². The average molecular weight is 510 g/mol. The van der Waals surface area contributed by atoms with Gasteiger partial charge in [-0.2, -0.15) is 0 Å². The Morgan fingerprint density at radius 2 is 1.69 bits per heavy atom. The summed E-state index contributed by atoms with van der Waals surface area (Å²) in [6.45, 7) is -0.0594. The summed E-state index contributed by atoms with van der Waals surface area (Å²) in [5.74, 6) is -0.969. The normalized spacial score (nSPS) is 10.7. The molecule has 5 nitrogen and oxygen atoms in total. The number of pyridine rings is 1. The molecule has 0 aliphatic rings. The van der Waals surface area contributed by atoms with Crippen molar-refractivity contribution in [1.82, 2.24) is 10.3 Å². The third-order valence-corrected chi connectivity index (χ3v) is 5.59. The Bertz CT molecular complexity index is 1270. The molecule has 0 fully saturated rings. The average Bonchev–Trinajstić information content (AvgIpc) is 2.82. The molecule has 3 aromatic carbocycles. The van der Waals surface area contributed by atoms with Crippen molar-refractivity contribution in [3.05, 3.63) is 99.5 Å². The van der Waals surface area contributed by atoms with Gasteiger partial charge in [0.2, 0.25) is 0 Å². The number of hydrogen-bond donors (Lipinski definition) is 1. The summed E-state index contributed by atoms with van der Waals surface area (Å²) < 4.78 is 6.26. The first-order valence-electron chi connectivity index (χ1n) is 9.83. The maximum absolute atomic E-state index is 12.9. The van der Waals surface area contributed by atoms with Gasteiger partial charge in [-0.1, -0.05) is 70.0 Å². The van der Waals surface area contributed by atoms with Crippen molar-refractivity contribution >= 4 is 50.3 Å². The van der Waals surface area contributed by atoms with E-state index in [2.05, 4.69) is 26.2 Å². The molecule has 0 unspecified atom stereocenters. The number of carbonyl (C=O) groups excluding carboxylic acids is 2. The van der Waals surface area contributed by atoms with Crippen molar-refractivity contribution in [3.8, 4) is 11.3 Å². The van der Waals surface area contributed by atoms with Crippen LogP contribution >= 0.6 is 27.5 Å². The Morgan fingerprint density at radius 1 is 0.969 bits per heavy atom. The van der Waals surface area contributed by atoms with Gasteiger partial charge in [0.15, 0.2) is 6.61 Å². The lowest BCUT2D eigenvalue weighted by atomic mass is 10.0. The number of hydrogen-bond acceptors (Lipinski definition) is 4. The predicted molar refractivity (Wildman–Crippen MR) is 128 cm³/mol. The molecule has 4 aromatic rings. The van der Waals surface area contributed by atoms with Gasteiger partial charge in [-0.25, -0.2) is 9.78 Å². The van der Waals surface area contributed by atoms with Gasteiger partial charge in [0.25, 0.3) is 5.91 Å². The highest BCUT2D eigenvalue weighted by atomic mass is 79.9. The first-order valence-corrected chi connectivity index (χ1v) is 11.0. The Labute approximate surface area is 198 Å². The first kappa shape index (κ1) is 22.0. The highest BCUT2D eigenvalue weighted by Crippen LogP contribution is 2.26. The molecule has 4 rings (SSSR count). The van der Waals surface area contributed by atoms with Crippen molar-refractivity contribution in [2.75, 3.05) is 6.61 Å². The Morgan fingerprint density at radius 3 is 2.44 bits per heavy atom. The summed E-state index contributed by atoms with van der Waals surface area (Å²) in [6, 6.07) is 23.8. The van der Waals surface area contributed by atoms with Crippen LogP contribution in [0.1, 0.15) is 15.9 Å². The molecule has 32 heavy (non-hydrogen) atoms. The van der Waals surface area contributed by atoms with Crippen LogP contribution in [0.25, 0.3) is 22.2 Å². The van der Waals surface area contributed by atoms with Crippen molar-refractivity contribution in [2.24, 2.45) is 0 Å². The molecule has 1 N–H and O–H groups in total. The molecule has 0 atom stereocenters. The lowest BCUT2D eigenvalue weighted by Crippen LogP contribution is -2.28. The number of nitrogens with zero attached hydrogens (tertiary/aromatic N) is 1. The number of aromatic nitrogens is 1. The van der Waals surface area contributed by atoms with E-state index in [0.717, 1.165) is 15.6 Å². The molecule has 0 bridgehead atoms. The van der Waals surface area contributed by atoms with Gasteiger partial charge in [-0.3, -0.25) is 4.79 Å². The fraction of sp³-hybridized carbons (Fsp3) is 0.0800. The summed E-state index contributed by atoms with van der Waals surface area (Å²) in [5.41, 5.74) is 3.45. The maximum Gasteiger partial charge on any atom is 0.339 e. The topological polar surface area (TPSA) is 68.3 Å². The second-order valence-corrected chi connectivity index (χ2v) is 8.41. The summed E-state index contributed by atoms with van der Waals surface area (Å²) in [5, 5.41) is 4.02. The summed E-state index contributed by atoms with van der Waals surface area (Å²) in [7, 11) is 0. The van der Waals surface area contributed by atoms with Crippen LogP contribution in [0, 0.1) is 0 Å². The zero-order valence-corrected chi connectivity index (χ0v) is 19.2. The van der Waals surface area contributed by atoms with E-state index < -0.39 is 5.97 Å². The molecular formula is C25H18BrClN2O3. The van der Waals surface area contributed by atoms with Crippen molar-refractivity contribution in [3.63, 3.8) is 0 Å². The smallest absolute Gasteiger partial charge is 0.339 e. The molecular weight excluding hydrogens is 492 g/mol. The molecule has 7 heteroatoms. The highest BCUT2D eigenvalue weighted by Gasteiger charge is 2.16. The van der Waals surface area contributed by atoms with Crippen LogP contribution in [-0.4, -0.2) is 23.5 Å². The number of esters is 1. The van der Waals surface area contributed by atoms with Crippen molar-refractivity contribution < 1.29 is 14.3 Å². The lowest BCUT2D eigenvalue weighted by Gasteiger charge is -2.11. The fourth-order valence-electron chi connectivity index (χ4n) is 3.18. The molecule has 0 spiro atoms. The number of nitrogens with one attached hydrogen (secondary N) is 1. The second-order valence-electron chi connectivity index (χ2n) is 7.06. The monoisotopic (exact) mass is 508 g/mol. The van der Waals surface area contributed by atoms with Crippen LogP contribution in [0.2, 0.25) is 5.02 Å². The van der Waals surface area contributed by atoms with Gasteiger partial charge < -0.3 is 10.1 Å². The number of fused-ring (bicyclic) bond motifs is 1. The largest absolute Gasteiger partial charge is 0.452 e. The van der Waals surface area contributed by atoms with Crippen LogP contribution in [0.15, 0.2) is 83.3 Å². The molecule has 1 amide bonds. The third kappa shape index (κ3) is 5.33. The number of halogens is 2. The van der Waals surface area contributed by atoms with E-state index in [0.29, 0.717) is 33.7 Å². The van der Waals surface area contributed by atoms with Gasteiger partial charge in [0, 0.05) is 27.0 Å². The van der Waals surface area contributed by atoms with Gasteiger partial charge >= 0.3 is 5.97 Å². The SMILES string of the molecule is O=C(COC(=O)c1cc(-c2ccc(Br)cc2)nc2ccccc12)NCc1ccc(Cl)cc1. The van der Waals surface area contributed by atoms with Crippen molar-refractivity contribution in [2.45, 2.75) is 6.54 Å². The Balaban J connectivity index is 1.49. The van der Waals surface area contributed by atoms with E-state index in [1.807, 2.05) is 60.7 Å². The minimum absolute atomic E-state index is 0.319. The van der Waals surface area contributed by atoms with Gasteiger partial charge in [-0.15, -0.1) is 0 Å². The zero-order chi connectivity index (χ0) is 22.5. The van der Waals surface area contributed by atoms with E-state index >= 15 is 0 Å². The highest BCUT2D eigenvalue weighted by molar-refractivity contribution is 9.10. The summed E-state index contributed by atoms with van der Waals surface area (Å²) in [6.07, 6.45) is 0. The summed E-state index contributed by atoms with van der Waals surface area (Å²) >= 11 is 9.29. The number of ether oxygens (including phenoxy) is 1. The predicted octanol–water partition coefficient (Wildman–Crippen LogP) is 5.79. The second kappa shape index (κ2) is 9.94. The quantitative estimate of drug-likeness (QED) is 0.334. The standard InChI is InChI=1S/C25H18BrClN2O3/c26-18-9-7-17(8-10-18)23-13-21(20-3-1-2-4-22(20)29-23)25(31)32-15-24(30)28-14-16-5-11-19(27)12-6-16/h1-13H,14-15H2,(H,28,30). The first-order chi connectivity index (χ1) is 15.5. The number of para-hydroxylation sites is 1. The zero-order valence-electron chi connectivity index (χ0n) is 16.8. The van der Waals surface area contributed by atoms with E-state index in [9.17, 15) is 9.59 Å². The molecule has 160 valence electrons. The fourth-order valence-corrected chi connectivity index (χ4v) is 3.57. The van der Waals surface area contributed by atoms with Crippen LogP contribution in [0.3, 0.4) is 0 Å². The van der Waals surface area contributed by atoms with Crippen LogP contribution in [0.5, 0.6) is 0 Å². The van der Waals surface area contributed by atoms with E-state index in [1.165, 1.54) is 0 Å². The number of amides is 1. The molecule has 0 radical (unpaired) electrons. The molecule has 1 heterocycles. The van der Waals surface area contributed by atoms with E-state index in [1.54, 1.807) is 18.2 Å². The third-order valence-electron chi connectivity index (χ3n) is 4.81. The Hall–Kier alpha value is -3.22. The minimum atomic E-state index is -0.580. The molecule has 1 aromatic heterocycles. The molecule has 0 aliphatic carbocycles. The van der Waals surface area contributed by atoms with Gasteiger partial charge in [0.05, 0.1) is 16.8 Å². The van der Waals surface area contributed by atoms with Crippen molar-refractivity contribution in [1.29, 1.82) is 0 Å². The molecule has 0 saturated heterocycles. The maximum atomic E-state index is 12.9. The number of rotatable bonds is 6. The minimum Gasteiger partial charge on any atom is -0.452 e. The summed E-state index contributed by atoms with van der Waals surface area (Å²) in [4.78, 5) is 29.7. The van der Waals surface area contributed by atoms with Crippen LogP contribution in [0.4, 0.5) is 0 Å². The molecule has 0 saturated carbocycles. The van der Waals surface area contributed by atoms with Gasteiger partial charge in [-0.05, 0) is 42.0 Å². The van der Waals surface area contributed by atoms with E-state index in [-0.39, 0.29) is 12.5 Å². The Kier molecular flexibility index (Phi) is 6.83. The van der Waals surface area contributed by atoms with Crippen LogP contribution < -0.4 is 5.32 Å². The number of carbonyl (C=O) groups is 2.